The molecule has 7 nitrogen and oxygen atoms in total. The fraction of sp³-hybridized carbons (Fsp3) is 0.346. The number of rotatable bonds is 6. The molecule has 0 amide bonds. The van der Waals surface area contributed by atoms with Gasteiger partial charge in [-0.3, -0.25) is 0 Å². The van der Waals surface area contributed by atoms with Crippen molar-refractivity contribution in [2.24, 2.45) is 0 Å². The molecule has 0 atom stereocenters. The van der Waals surface area contributed by atoms with Crippen LogP contribution in [0.4, 0.5) is 0 Å². The molecule has 0 radical (unpaired) electrons. The Labute approximate surface area is 217 Å². The van der Waals surface area contributed by atoms with Crippen LogP contribution in [0.25, 0.3) is 11.1 Å². The minimum Gasteiger partial charge on any atom is -0.461 e. The van der Waals surface area contributed by atoms with E-state index in [-0.39, 0.29) is 22.8 Å². The SMILES string of the molecule is CCOC(=O)c1c(-c2cc(Cl)ccc2C)cc(B2OC(C)(C)C(C)(C)O2)n1S(=O)(=O)c1ccccc1. The standard InChI is InChI=1S/C26H29BClNO6S/c1-7-33-24(30)23-21(20-15-18(28)14-13-17(20)2)16-22(27-34-25(3,4)26(5,6)35-27)29(23)36(31,32)19-11-9-8-10-12-19/h8-16H,7H2,1-6H3. The molecule has 2 aromatic carbocycles. The van der Waals surface area contributed by atoms with Gasteiger partial charge in [0.1, 0.15) is 5.69 Å². The fourth-order valence-corrected chi connectivity index (χ4v) is 5.79. The summed E-state index contributed by atoms with van der Waals surface area (Å²) in [5.74, 6) is -0.783. The first kappa shape index (κ1) is 26.5. The molecule has 0 bridgehead atoms. The number of hydrogen-bond acceptors (Lipinski definition) is 6. The Balaban J connectivity index is 2.09. The molecule has 1 aromatic heterocycles. The van der Waals surface area contributed by atoms with Crippen molar-refractivity contribution in [3.63, 3.8) is 0 Å². The summed E-state index contributed by atoms with van der Waals surface area (Å²) in [5.41, 5.74) is 0.312. The van der Waals surface area contributed by atoms with E-state index in [4.69, 9.17) is 25.6 Å². The normalized spacial score (nSPS) is 16.8. The van der Waals surface area contributed by atoms with Crippen molar-refractivity contribution in [2.75, 3.05) is 6.61 Å². The second kappa shape index (κ2) is 9.37. The van der Waals surface area contributed by atoms with Crippen LogP contribution in [0.5, 0.6) is 0 Å². The Kier molecular flexibility index (Phi) is 6.90. The zero-order valence-corrected chi connectivity index (χ0v) is 22.7. The summed E-state index contributed by atoms with van der Waals surface area (Å²) in [4.78, 5) is 13.4. The molecule has 0 N–H and O–H groups in total. The molecule has 0 spiro atoms. The summed E-state index contributed by atoms with van der Waals surface area (Å²) in [7, 11) is -5.32. The van der Waals surface area contributed by atoms with Crippen molar-refractivity contribution in [1.82, 2.24) is 3.97 Å². The van der Waals surface area contributed by atoms with E-state index in [1.54, 1.807) is 43.3 Å². The first-order valence-electron chi connectivity index (χ1n) is 11.7. The molecular formula is C26H29BClNO6S. The van der Waals surface area contributed by atoms with E-state index in [9.17, 15) is 13.2 Å². The van der Waals surface area contributed by atoms with Crippen LogP contribution < -0.4 is 5.59 Å². The van der Waals surface area contributed by atoms with Crippen molar-refractivity contribution in [3.05, 3.63) is 70.9 Å². The van der Waals surface area contributed by atoms with Crippen molar-refractivity contribution in [3.8, 4) is 11.1 Å². The monoisotopic (exact) mass is 529 g/mol. The lowest BCUT2D eigenvalue weighted by Gasteiger charge is -2.32. The van der Waals surface area contributed by atoms with E-state index in [1.165, 1.54) is 12.1 Å². The first-order chi connectivity index (χ1) is 16.8. The van der Waals surface area contributed by atoms with Crippen LogP contribution in [0.3, 0.4) is 0 Å². The number of halogens is 1. The maximum absolute atomic E-state index is 14.1. The predicted octanol–water partition coefficient (Wildman–Crippen LogP) is 4.83. The van der Waals surface area contributed by atoms with E-state index in [0.717, 1.165) is 9.54 Å². The van der Waals surface area contributed by atoms with Gasteiger partial charge >= 0.3 is 13.1 Å². The van der Waals surface area contributed by atoms with Crippen LogP contribution in [-0.2, 0) is 24.1 Å². The first-order valence-corrected chi connectivity index (χ1v) is 13.5. The Morgan fingerprint density at radius 2 is 1.61 bits per heavy atom. The molecule has 1 aliphatic heterocycles. The molecule has 1 aliphatic rings. The van der Waals surface area contributed by atoms with Gasteiger partial charge in [-0.1, -0.05) is 35.9 Å². The minimum atomic E-state index is -4.26. The average Bonchev–Trinajstić information content (AvgIpc) is 3.31. The number of aromatic nitrogens is 1. The van der Waals surface area contributed by atoms with E-state index in [0.29, 0.717) is 16.1 Å². The van der Waals surface area contributed by atoms with Gasteiger partial charge in [0.2, 0.25) is 0 Å². The Bertz CT molecular complexity index is 1400. The molecule has 0 saturated carbocycles. The minimum absolute atomic E-state index is 0.0123. The number of nitrogens with zero attached hydrogens (tertiary/aromatic N) is 1. The number of carbonyl (C=O) groups excluding carboxylic acids is 1. The topological polar surface area (TPSA) is 83.8 Å². The number of hydrogen-bond donors (Lipinski definition) is 0. The predicted molar refractivity (Wildman–Crippen MR) is 140 cm³/mol. The molecule has 0 unspecified atom stereocenters. The van der Waals surface area contributed by atoms with E-state index in [1.807, 2.05) is 40.7 Å². The van der Waals surface area contributed by atoms with E-state index in [2.05, 4.69) is 0 Å². The second-order valence-corrected chi connectivity index (χ2v) is 11.9. The van der Waals surface area contributed by atoms with Gasteiger partial charge in [-0.2, -0.15) is 0 Å². The average molecular weight is 530 g/mol. The highest BCUT2D eigenvalue weighted by Gasteiger charge is 2.54. The maximum Gasteiger partial charge on any atom is 0.513 e. The Morgan fingerprint density at radius 1 is 1.00 bits per heavy atom. The molecule has 4 rings (SSSR count). The molecular weight excluding hydrogens is 501 g/mol. The highest BCUT2D eigenvalue weighted by atomic mass is 35.5. The zero-order chi connectivity index (χ0) is 26.5. The molecule has 0 aliphatic carbocycles. The van der Waals surface area contributed by atoms with Gasteiger partial charge in [0, 0.05) is 10.6 Å². The number of ether oxygens (including phenoxy) is 1. The highest BCUT2D eigenvalue weighted by Crippen LogP contribution is 2.38. The summed E-state index contributed by atoms with van der Waals surface area (Å²) in [6.07, 6.45) is 0. The van der Waals surface area contributed by atoms with Crippen LogP contribution in [0.15, 0.2) is 59.5 Å². The summed E-state index contributed by atoms with van der Waals surface area (Å²) in [5, 5.41) is 0.446. The molecule has 3 aromatic rings. The molecule has 1 saturated heterocycles. The van der Waals surface area contributed by atoms with Gasteiger partial charge in [-0.05, 0) is 83.0 Å². The van der Waals surface area contributed by atoms with Gasteiger partial charge in [-0.25, -0.2) is 17.2 Å². The van der Waals surface area contributed by atoms with Crippen LogP contribution in [0.1, 0.15) is 50.7 Å². The van der Waals surface area contributed by atoms with Gasteiger partial charge < -0.3 is 14.0 Å². The van der Waals surface area contributed by atoms with Gasteiger partial charge in [0.15, 0.2) is 0 Å². The lowest BCUT2D eigenvalue weighted by atomic mass is 9.84. The van der Waals surface area contributed by atoms with Gasteiger partial charge in [0.05, 0.1) is 28.3 Å². The summed E-state index contributed by atoms with van der Waals surface area (Å²) < 4.78 is 47.0. The zero-order valence-electron chi connectivity index (χ0n) is 21.2. The smallest absolute Gasteiger partial charge is 0.461 e. The summed E-state index contributed by atoms with van der Waals surface area (Å²) in [6.45, 7) is 11.1. The van der Waals surface area contributed by atoms with E-state index >= 15 is 0 Å². The fourth-order valence-electron chi connectivity index (χ4n) is 4.08. The van der Waals surface area contributed by atoms with Gasteiger partial charge in [0.25, 0.3) is 10.0 Å². The van der Waals surface area contributed by atoms with Gasteiger partial charge in [-0.15, -0.1) is 0 Å². The lowest BCUT2D eigenvalue weighted by Crippen LogP contribution is -2.42. The number of carbonyl (C=O) groups is 1. The molecule has 36 heavy (non-hydrogen) atoms. The van der Waals surface area contributed by atoms with Crippen molar-refractivity contribution < 1.29 is 27.3 Å². The molecule has 1 fully saturated rings. The molecule has 10 heteroatoms. The van der Waals surface area contributed by atoms with Crippen molar-refractivity contribution >= 4 is 40.3 Å². The Hall–Kier alpha value is -2.59. The molecule has 190 valence electrons. The maximum atomic E-state index is 14.1. The molecule has 2 heterocycles. The van der Waals surface area contributed by atoms with Crippen LogP contribution in [0, 0.1) is 6.92 Å². The summed E-state index contributed by atoms with van der Waals surface area (Å²) >= 11 is 6.30. The van der Waals surface area contributed by atoms with Crippen LogP contribution in [0.2, 0.25) is 5.02 Å². The number of esters is 1. The largest absolute Gasteiger partial charge is 0.513 e. The third kappa shape index (κ3) is 4.49. The summed E-state index contributed by atoms with van der Waals surface area (Å²) in [6, 6.07) is 14.8. The van der Waals surface area contributed by atoms with E-state index < -0.39 is 34.3 Å². The third-order valence-electron chi connectivity index (χ3n) is 6.72. The third-order valence-corrected chi connectivity index (χ3v) is 8.70. The highest BCUT2D eigenvalue weighted by molar-refractivity contribution is 7.90. The van der Waals surface area contributed by atoms with Crippen LogP contribution in [-0.4, -0.2) is 43.3 Å². The Morgan fingerprint density at radius 3 is 2.19 bits per heavy atom. The number of aryl methyl sites for hydroxylation is 1. The second-order valence-electron chi connectivity index (χ2n) is 9.68. The lowest BCUT2D eigenvalue weighted by molar-refractivity contribution is 0.00578. The number of benzene rings is 2. The van der Waals surface area contributed by atoms with Crippen molar-refractivity contribution in [1.29, 1.82) is 0 Å². The van der Waals surface area contributed by atoms with Crippen molar-refractivity contribution in [2.45, 2.75) is 57.6 Å². The van der Waals surface area contributed by atoms with Crippen LogP contribution >= 0.6 is 11.6 Å². The quantitative estimate of drug-likeness (QED) is 0.336.